The second-order valence-corrected chi connectivity index (χ2v) is 15.6. The molecule has 0 N–H and O–H groups in total. The Kier molecular flexibility index (Phi) is 6.78. The molecule has 11 aromatic rings. The predicted octanol–water partition coefficient (Wildman–Crippen LogP) is 12.4. The number of hydrogen-bond acceptors (Lipinski definition) is 3. The number of para-hydroxylation sites is 3. The number of anilines is 3. The Labute approximate surface area is 340 Å². The lowest BCUT2D eigenvalue weighted by Gasteiger charge is -2.35. The Morgan fingerprint density at radius 1 is 0.407 bits per heavy atom. The maximum atomic E-state index is 7.38. The fourth-order valence-corrected chi connectivity index (χ4v) is 10.0. The lowest BCUT2D eigenvalue weighted by Crippen LogP contribution is -2.58. The van der Waals surface area contributed by atoms with Crippen LogP contribution in [0.3, 0.4) is 0 Å². The second-order valence-electron chi connectivity index (χ2n) is 15.6. The summed E-state index contributed by atoms with van der Waals surface area (Å²) in [5.41, 5.74) is 9.84. The number of nitrogens with zero attached hydrogens (tertiary/aromatic N) is 2. The van der Waals surface area contributed by atoms with Crippen LogP contribution in [0.1, 0.15) is 0 Å². The van der Waals surface area contributed by atoms with Crippen LogP contribution in [0, 0.1) is 0 Å². The first-order chi connectivity index (χ1) is 29.3. The molecule has 0 fully saturated rings. The Bertz CT molecular complexity index is 3420. The van der Waals surface area contributed by atoms with E-state index in [4.69, 9.17) is 9.47 Å². The van der Waals surface area contributed by atoms with Crippen molar-refractivity contribution in [2.45, 2.75) is 0 Å². The first-order valence-electron chi connectivity index (χ1n) is 20.2. The highest BCUT2D eigenvalue weighted by molar-refractivity contribution is 7.01. The van der Waals surface area contributed by atoms with E-state index in [0.29, 0.717) is 0 Å². The van der Waals surface area contributed by atoms with Gasteiger partial charge in [-0.05, 0) is 98.5 Å². The average Bonchev–Trinajstić information content (AvgIpc) is 3.64. The molecule has 4 nitrogen and oxygen atoms in total. The van der Waals surface area contributed by atoms with E-state index in [0.717, 1.165) is 83.8 Å². The third kappa shape index (κ3) is 4.61. The molecule has 2 aliphatic rings. The summed E-state index contributed by atoms with van der Waals surface area (Å²) in [6, 6.07) is 71.6. The minimum Gasteiger partial charge on any atom is -0.458 e. The van der Waals surface area contributed by atoms with Crippen molar-refractivity contribution in [3.63, 3.8) is 0 Å². The molecule has 10 aromatic carbocycles. The van der Waals surface area contributed by atoms with Crippen LogP contribution in [0.15, 0.2) is 200 Å². The zero-order valence-corrected chi connectivity index (χ0v) is 31.8. The molecule has 0 aliphatic carbocycles. The van der Waals surface area contributed by atoms with Gasteiger partial charge in [0.2, 0.25) is 0 Å². The molecule has 59 heavy (non-hydrogen) atoms. The van der Waals surface area contributed by atoms with Gasteiger partial charge in [0, 0.05) is 38.7 Å². The molecule has 0 saturated heterocycles. The van der Waals surface area contributed by atoms with E-state index in [-0.39, 0.29) is 6.71 Å². The van der Waals surface area contributed by atoms with Gasteiger partial charge in [-0.2, -0.15) is 0 Å². The summed E-state index contributed by atoms with van der Waals surface area (Å²) >= 11 is 0. The minimum absolute atomic E-state index is 0.129. The summed E-state index contributed by atoms with van der Waals surface area (Å²) in [6.07, 6.45) is 0. The second kappa shape index (κ2) is 12.4. The standard InChI is InChI=1S/C54H33BN2O2/c1-4-18-36(19-5-1)56(37-20-6-2-7-21-37)44-33-45-49(42-27-15-14-26-41(42)44)43-32-48-52-54(53(43)57(45)38-22-8-3-9-23-38)59-47-31-29-35-17-11-13-25-40(35)51(47)55(52)50-39-24-12-10-16-34(39)28-30-46(50)58-48/h1-33H. The van der Waals surface area contributed by atoms with Crippen LogP contribution in [0.5, 0.6) is 23.0 Å². The van der Waals surface area contributed by atoms with E-state index in [1.807, 2.05) is 0 Å². The molecule has 0 radical (unpaired) electrons. The van der Waals surface area contributed by atoms with Crippen molar-refractivity contribution >= 4 is 94.3 Å². The lowest BCUT2D eigenvalue weighted by molar-refractivity contribution is 0.468. The summed E-state index contributed by atoms with van der Waals surface area (Å²) in [5, 5.41) is 9.30. The SMILES string of the molecule is c1ccc(N(c2ccccc2)c2cc3c(c4ccccc24)c2cc4c5c(c2n3-c2ccccc2)Oc2ccc3ccccc3c2B5c2c(ccc3ccccc23)O4)cc1. The number of hydrogen-bond donors (Lipinski definition) is 0. The van der Waals surface area contributed by atoms with Crippen LogP contribution in [0.2, 0.25) is 0 Å². The summed E-state index contributed by atoms with van der Waals surface area (Å²) in [7, 11) is 0. The Hall–Kier alpha value is -7.76. The summed E-state index contributed by atoms with van der Waals surface area (Å²) in [5.74, 6) is 3.41. The third-order valence-electron chi connectivity index (χ3n) is 12.4. The summed E-state index contributed by atoms with van der Waals surface area (Å²) < 4.78 is 16.9. The predicted molar refractivity (Wildman–Crippen MR) is 246 cm³/mol. The average molecular weight is 753 g/mol. The van der Waals surface area contributed by atoms with E-state index in [1.165, 1.54) is 32.5 Å². The highest BCUT2D eigenvalue weighted by Crippen LogP contribution is 2.50. The molecular formula is C54H33BN2O2. The van der Waals surface area contributed by atoms with Crippen molar-refractivity contribution in [2.24, 2.45) is 0 Å². The van der Waals surface area contributed by atoms with Gasteiger partial charge >= 0.3 is 0 Å². The van der Waals surface area contributed by atoms with E-state index in [1.54, 1.807) is 0 Å². The van der Waals surface area contributed by atoms with Gasteiger partial charge in [-0.25, -0.2) is 0 Å². The molecule has 1 aromatic heterocycles. The number of fused-ring (bicyclic) bond motifs is 14. The van der Waals surface area contributed by atoms with Crippen LogP contribution in [0.25, 0.3) is 59.8 Å². The molecule has 0 unspecified atom stereocenters. The lowest BCUT2D eigenvalue weighted by atomic mass is 9.33. The number of aromatic nitrogens is 1. The van der Waals surface area contributed by atoms with Crippen LogP contribution in [-0.2, 0) is 0 Å². The first kappa shape index (κ1) is 32.3. The zero-order valence-electron chi connectivity index (χ0n) is 31.8. The van der Waals surface area contributed by atoms with Gasteiger partial charge in [-0.3, -0.25) is 0 Å². The van der Waals surface area contributed by atoms with Gasteiger partial charge in [-0.1, -0.05) is 140 Å². The van der Waals surface area contributed by atoms with Crippen LogP contribution in [0.4, 0.5) is 17.1 Å². The first-order valence-corrected chi connectivity index (χ1v) is 20.2. The topological polar surface area (TPSA) is 26.6 Å². The largest absolute Gasteiger partial charge is 0.458 e. The molecule has 13 rings (SSSR count). The molecule has 0 saturated carbocycles. The normalized spacial score (nSPS) is 12.6. The molecule has 274 valence electrons. The van der Waals surface area contributed by atoms with Crippen LogP contribution in [-0.4, -0.2) is 11.3 Å². The molecule has 0 atom stereocenters. The van der Waals surface area contributed by atoms with Gasteiger partial charge in [0.25, 0.3) is 6.71 Å². The van der Waals surface area contributed by atoms with E-state index in [2.05, 4.69) is 210 Å². The molecule has 3 heterocycles. The summed E-state index contributed by atoms with van der Waals surface area (Å²) in [6.45, 7) is -0.129. The number of benzene rings is 10. The van der Waals surface area contributed by atoms with Crippen molar-refractivity contribution in [3.8, 4) is 28.7 Å². The maximum Gasteiger partial charge on any atom is 0.262 e. The quantitative estimate of drug-likeness (QED) is 0.168. The molecule has 0 spiro atoms. The van der Waals surface area contributed by atoms with Crippen molar-refractivity contribution in [3.05, 3.63) is 200 Å². The molecule has 0 bridgehead atoms. The fraction of sp³-hybridized carbons (Fsp3) is 0. The maximum absolute atomic E-state index is 7.38. The smallest absolute Gasteiger partial charge is 0.262 e. The van der Waals surface area contributed by atoms with Crippen LogP contribution >= 0.6 is 0 Å². The number of ether oxygens (including phenoxy) is 2. The van der Waals surface area contributed by atoms with Crippen molar-refractivity contribution in [1.82, 2.24) is 4.57 Å². The van der Waals surface area contributed by atoms with Gasteiger partial charge in [0.1, 0.15) is 17.2 Å². The Balaban J connectivity index is 1.21. The van der Waals surface area contributed by atoms with Gasteiger partial charge < -0.3 is 18.9 Å². The van der Waals surface area contributed by atoms with Gasteiger partial charge in [0.05, 0.1) is 16.7 Å². The highest BCUT2D eigenvalue weighted by atomic mass is 16.5. The fourth-order valence-electron chi connectivity index (χ4n) is 10.0. The Morgan fingerprint density at radius 2 is 0.932 bits per heavy atom. The molecular weight excluding hydrogens is 719 g/mol. The van der Waals surface area contributed by atoms with E-state index in [9.17, 15) is 0 Å². The van der Waals surface area contributed by atoms with Crippen molar-refractivity contribution in [2.75, 3.05) is 4.90 Å². The van der Waals surface area contributed by atoms with Gasteiger partial charge in [0.15, 0.2) is 5.75 Å². The van der Waals surface area contributed by atoms with Crippen molar-refractivity contribution in [1.29, 1.82) is 0 Å². The number of rotatable bonds is 4. The molecule has 5 heteroatoms. The third-order valence-corrected chi connectivity index (χ3v) is 12.4. The monoisotopic (exact) mass is 752 g/mol. The molecule has 2 aliphatic heterocycles. The Morgan fingerprint density at radius 3 is 1.56 bits per heavy atom. The van der Waals surface area contributed by atoms with Crippen LogP contribution < -0.4 is 30.8 Å². The zero-order chi connectivity index (χ0) is 38.6. The van der Waals surface area contributed by atoms with Gasteiger partial charge in [-0.15, -0.1) is 0 Å². The summed E-state index contributed by atoms with van der Waals surface area (Å²) in [4.78, 5) is 2.38. The van der Waals surface area contributed by atoms with E-state index < -0.39 is 0 Å². The minimum atomic E-state index is -0.129. The molecule has 0 amide bonds. The highest BCUT2D eigenvalue weighted by Gasteiger charge is 2.44. The van der Waals surface area contributed by atoms with Crippen molar-refractivity contribution < 1.29 is 9.47 Å². The van der Waals surface area contributed by atoms with E-state index >= 15 is 0 Å².